The van der Waals surface area contributed by atoms with Gasteiger partial charge in [0.1, 0.15) is 5.75 Å². The number of ether oxygens (including phenoxy) is 1. The third-order valence-electron chi connectivity index (χ3n) is 3.42. The van der Waals surface area contributed by atoms with Crippen LogP contribution in [0.25, 0.3) is 0 Å². The smallest absolute Gasteiger partial charge is 0.238 e. The van der Waals surface area contributed by atoms with E-state index in [4.69, 9.17) is 16.3 Å². The summed E-state index contributed by atoms with van der Waals surface area (Å²) in [7, 11) is 1.59. The summed E-state index contributed by atoms with van der Waals surface area (Å²) in [6.45, 7) is 2.95. The molecule has 0 aliphatic carbocycles. The van der Waals surface area contributed by atoms with Crippen molar-refractivity contribution < 1.29 is 9.53 Å². The van der Waals surface area contributed by atoms with Crippen molar-refractivity contribution in [1.82, 2.24) is 5.32 Å². The number of amides is 1. The van der Waals surface area contributed by atoms with E-state index in [1.54, 1.807) is 7.11 Å². The predicted octanol–water partition coefficient (Wildman–Crippen LogP) is 3.43. The van der Waals surface area contributed by atoms with Gasteiger partial charge in [-0.25, -0.2) is 0 Å². The molecule has 0 spiro atoms. The molecule has 4 nitrogen and oxygen atoms in total. The number of halogens is 1. The number of hydrogen-bond acceptors (Lipinski definition) is 3. The van der Waals surface area contributed by atoms with Gasteiger partial charge in [-0.15, -0.1) is 0 Å². The Hall–Kier alpha value is -2.04. The Labute approximate surface area is 141 Å². The maximum atomic E-state index is 12.0. The molecule has 0 aromatic heterocycles. The van der Waals surface area contributed by atoms with E-state index in [2.05, 4.69) is 10.6 Å². The Morgan fingerprint density at radius 2 is 1.91 bits per heavy atom. The standard InChI is InChI=1S/C18H21ClN2O2/c1-13-3-8-17(23-2)16(11-13)21-18(22)12-20-10-9-14-4-6-15(19)7-5-14/h3-8,11,20H,9-10,12H2,1-2H3,(H,21,22). The number of nitrogens with one attached hydrogen (secondary N) is 2. The van der Waals surface area contributed by atoms with Gasteiger partial charge in [0.05, 0.1) is 19.3 Å². The summed E-state index contributed by atoms with van der Waals surface area (Å²) in [4.78, 5) is 12.0. The minimum Gasteiger partial charge on any atom is -0.495 e. The second-order valence-electron chi connectivity index (χ2n) is 5.31. The number of aryl methyl sites for hydroxylation is 1. The van der Waals surface area contributed by atoms with Gasteiger partial charge < -0.3 is 15.4 Å². The van der Waals surface area contributed by atoms with Crippen molar-refractivity contribution in [3.63, 3.8) is 0 Å². The highest BCUT2D eigenvalue weighted by Crippen LogP contribution is 2.24. The summed E-state index contributed by atoms with van der Waals surface area (Å²) >= 11 is 5.85. The van der Waals surface area contributed by atoms with E-state index in [1.165, 1.54) is 5.56 Å². The molecule has 2 rings (SSSR count). The van der Waals surface area contributed by atoms with Gasteiger partial charge in [-0.3, -0.25) is 4.79 Å². The number of anilines is 1. The Bertz CT molecular complexity index is 657. The number of rotatable bonds is 7. The van der Waals surface area contributed by atoms with Crippen LogP contribution in [0, 0.1) is 6.92 Å². The quantitative estimate of drug-likeness (QED) is 0.764. The molecule has 0 unspecified atom stereocenters. The van der Waals surface area contributed by atoms with Crippen LogP contribution in [0.5, 0.6) is 5.75 Å². The number of methoxy groups -OCH3 is 1. The second kappa shape index (κ2) is 8.56. The van der Waals surface area contributed by atoms with Gasteiger partial charge in [0.15, 0.2) is 0 Å². The van der Waals surface area contributed by atoms with Crippen LogP contribution in [-0.4, -0.2) is 26.1 Å². The Kier molecular flexibility index (Phi) is 6.44. The van der Waals surface area contributed by atoms with Gasteiger partial charge in [-0.1, -0.05) is 29.8 Å². The van der Waals surface area contributed by atoms with Crippen molar-refractivity contribution in [3.8, 4) is 5.75 Å². The van der Waals surface area contributed by atoms with Crippen molar-refractivity contribution in [2.24, 2.45) is 0 Å². The molecule has 0 heterocycles. The lowest BCUT2D eigenvalue weighted by atomic mass is 10.1. The van der Waals surface area contributed by atoms with E-state index in [0.717, 1.165) is 23.6 Å². The van der Waals surface area contributed by atoms with Crippen LogP contribution in [0.1, 0.15) is 11.1 Å². The summed E-state index contributed by atoms with van der Waals surface area (Å²) in [5.74, 6) is 0.565. The Morgan fingerprint density at radius 1 is 1.17 bits per heavy atom. The van der Waals surface area contributed by atoms with Crippen LogP contribution in [0.15, 0.2) is 42.5 Å². The van der Waals surface area contributed by atoms with Crippen molar-refractivity contribution in [3.05, 3.63) is 58.6 Å². The molecule has 0 aliphatic heterocycles. The lowest BCUT2D eigenvalue weighted by Gasteiger charge is -2.11. The largest absolute Gasteiger partial charge is 0.495 e. The third kappa shape index (κ3) is 5.58. The summed E-state index contributed by atoms with van der Waals surface area (Å²) in [6, 6.07) is 13.4. The third-order valence-corrected chi connectivity index (χ3v) is 3.67. The second-order valence-corrected chi connectivity index (χ2v) is 5.74. The fraction of sp³-hybridized carbons (Fsp3) is 0.278. The van der Waals surface area contributed by atoms with Crippen LogP contribution in [0.2, 0.25) is 5.02 Å². The maximum Gasteiger partial charge on any atom is 0.238 e. The summed E-state index contributed by atoms with van der Waals surface area (Å²) in [6.07, 6.45) is 0.845. The van der Waals surface area contributed by atoms with Crippen molar-refractivity contribution in [1.29, 1.82) is 0 Å². The van der Waals surface area contributed by atoms with E-state index < -0.39 is 0 Å². The molecule has 0 fully saturated rings. The highest BCUT2D eigenvalue weighted by Gasteiger charge is 2.07. The van der Waals surface area contributed by atoms with Crippen LogP contribution < -0.4 is 15.4 Å². The monoisotopic (exact) mass is 332 g/mol. The first-order chi connectivity index (χ1) is 11.1. The van der Waals surface area contributed by atoms with Gasteiger partial charge >= 0.3 is 0 Å². The summed E-state index contributed by atoms with van der Waals surface area (Å²) in [5, 5.41) is 6.73. The lowest BCUT2D eigenvalue weighted by Crippen LogP contribution is -2.29. The number of carbonyl (C=O) groups is 1. The van der Waals surface area contributed by atoms with Gasteiger partial charge in [0, 0.05) is 5.02 Å². The minimum absolute atomic E-state index is 0.0926. The first-order valence-corrected chi connectivity index (χ1v) is 7.86. The average Bonchev–Trinajstić information content (AvgIpc) is 2.53. The van der Waals surface area contributed by atoms with E-state index >= 15 is 0 Å². The van der Waals surface area contributed by atoms with Gasteiger partial charge in [0.2, 0.25) is 5.91 Å². The van der Waals surface area contributed by atoms with Crippen LogP contribution in [0.4, 0.5) is 5.69 Å². The van der Waals surface area contributed by atoms with E-state index in [9.17, 15) is 4.79 Å². The van der Waals surface area contributed by atoms with Crippen LogP contribution in [0.3, 0.4) is 0 Å². The lowest BCUT2D eigenvalue weighted by molar-refractivity contribution is -0.115. The van der Waals surface area contributed by atoms with Crippen molar-refractivity contribution in [2.75, 3.05) is 25.5 Å². The summed E-state index contributed by atoms with van der Waals surface area (Å²) in [5.41, 5.74) is 2.94. The predicted molar refractivity (Wildman–Crippen MR) is 94.4 cm³/mol. The molecule has 122 valence electrons. The zero-order chi connectivity index (χ0) is 16.7. The molecule has 0 bridgehead atoms. The van der Waals surface area contributed by atoms with Gasteiger partial charge in [0.25, 0.3) is 0 Å². The molecular formula is C18H21ClN2O2. The number of carbonyl (C=O) groups excluding carboxylic acids is 1. The zero-order valence-corrected chi connectivity index (χ0v) is 14.1. The molecular weight excluding hydrogens is 312 g/mol. The van der Waals surface area contributed by atoms with Gasteiger partial charge in [-0.2, -0.15) is 0 Å². The maximum absolute atomic E-state index is 12.0. The molecule has 0 aliphatic rings. The Balaban J connectivity index is 1.77. The highest BCUT2D eigenvalue weighted by atomic mass is 35.5. The molecule has 0 atom stereocenters. The molecule has 23 heavy (non-hydrogen) atoms. The Morgan fingerprint density at radius 3 is 2.61 bits per heavy atom. The van der Waals surface area contributed by atoms with E-state index in [1.807, 2.05) is 49.4 Å². The van der Waals surface area contributed by atoms with E-state index in [-0.39, 0.29) is 12.5 Å². The molecule has 0 saturated heterocycles. The van der Waals surface area contributed by atoms with E-state index in [0.29, 0.717) is 11.4 Å². The molecule has 2 aromatic carbocycles. The topological polar surface area (TPSA) is 50.4 Å². The molecule has 0 saturated carbocycles. The first kappa shape index (κ1) is 17.3. The molecule has 5 heteroatoms. The highest BCUT2D eigenvalue weighted by molar-refractivity contribution is 6.30. The fourth-order valence-corrected chi connectivity index (χ4v) is 2.33. The minimum atomic E-state index is -0.0926. The molecule has 2 N–H and O–H groups in total. The van der Waals surface area contributed by atoms with Crippen molar-refractivity contribution >= 4 is 23.2 Å². The number of benzene rings is 2. The molecule has 2 aromatic rings. The van der Waals surface area contributed by atoms with Crippen molar-refractivity contribution in [2.45, 2.75) is 13.3 Å². The first-order valence-electron chi connectivity index (χ1n) is 7.48. The fourth-order valence-electron chi connectivity index (χ4n) is 2.20. The normalized spacial score (nSPS) is 10.4. The zero-order valence-electron chi connectivity index (χ0n) is 13.4. The molecule has 1 amide bonds. The van der Waals surface area contributed by atoms with Crippen LogP contribution in [-0.2, 0) is 11.2 Å². The number of hydrogen-bond donors (Lipinski definition) is 2. The van der Waals surface area contributed by atoms with Gasteiger partial charge in [-0.05, 0) is 55.3 Å². The molecule has 0 radical (unpaired) electrons. The van der Waals surface area contributed by atoms with Crippen LogP contribution >= 0.6 is 11.6 Å². The summed E-state index contributed by atoms with van der Waals surface area (Å²) < 4.78 is 5.25. The average molecular weight is 333 g/mol. The SMILES string of the molecule is COc1ccc(C)cc1NC(=O)CNCCc1ccc(Cl)cc1.